The normalized spacial score (nSPS) is 17.1. The van der Waals surface area contributed by atoms with Gasteiger partial charge in [0, 0.05) is 17.3 Å². The number of pyridine rings is 1. The fourth-order valence-electron chi connectivity index (χ4n) is 1.49. The Bertz CT molecular complexity index is 353. The highest BCUT2D eigenvalue weighted by atomic mass is 19.4. The average Bonchev–Trinajstić information content (AvgIpc) is 2.83. The Hall–Kier alpha value is -1.06. The van der Waals surface area contributed by atoms with Gasteiger partial charge in [0.05, 0.1) is 5.56 Å². The van der Waals surface area contributed by atoms with Crippen molar-refractivity contribution in [2.75, 3.05) is 0 Å². The second kappa shape index (κ2) is 2.97. The van der Waals surface area contributed by atoms with Crippen LogP contribution in [-0.4, -0.2) is 4.98 Å². The Morgan fingerprint density at radius 3 is 2.36 bits per heavy atom. The molecule has 4 heteroatoms. The van der Waals surface area contributed by atoms with E-state index in [0.717, 1.165) is 24.6 Å². The predicted octanol–water partition coefficient (Wildman–Crippen LogP) is 3.29. The first-order chi connectivity index (χ1) is 6.48. The molecule has 0 bridgehead atoms. The number of aromatic nitrogens is 1. The summed E-state index contributed by atoms with van der Waals surface area (Å²) >= 11 is 0. The molecule has 0 spiro atoms. The van der Waals surface area contributed by atoms with Gasteiger partial charge in [-0.2, -0.15) is 13.2 Å². The number of hydrogen-bond acceptors (Lipinski definition) is 1. The van der Waals surface area contributed by atoms with E-state index in [1.165, 1.54) is 13.0 Å². The van der Waals surface area contributed by atoms with Gasteiger partial charge in [-0.3, -0.25) is 4.98 Å². The number of aryl methyl sites for hydroxylation is 1. The Morgan fingerprint density at radius 1 is 1.29 bits per heavy atom. The van der Waals surface area contributed by atoms with Crippen LogP contribution in [0.5, 0.6) is 0 Å². The minimum absolute atomic E-state index is 0.0851. The van der Waals surface area contributed by atoms with Gasteiger partial charge in [-0.05, 0) is 31.9 Å². The summed E-state index contributed by atoms with van der Waals surface area (Å²) in [7, 11) is 0. The van der Waals surface area contributed by atoms with Crippen LogP contribution >= 0.6 is 0 Å². The molecule has 1 aliphatic carbocycles. The maximum atomic E-state index is 12.4. The summed E-state index contributed by atoms with van der Waals surface area (Å²) in [5, 5.41) is 0. The fourth-order valence-corrected chi connectivity index (χ4v) is 1.49. The zero-order chi connectivity index (χ0) is 10.3. The van der Waals surface area contributed by atoms with Gasteiger partial charge in [0.15, 0.2) is 0 Å². The molecule has 1 saturated carbocycles. The van der Waals surface area contributed by atoms with Crippen LogP contribution in [0.3, 0.4) is 0 Å². The van der Waals surface area contributed by atoms with Gasteiger partial charge in [0.1, 0.15) is 0 Å². The fraction of sp³-hybridized carbons (Fsp3) is 0.500. The van der Waals surface area contributed by atoms with Gasteiger partial charge in [-0.15, -0.1) is 0 Å². The number of rotatable bonds is 1. The van der Waals surface area contributed by atoms with Gasteiger partial charge in [0.2, 0.25) is 0 Å². The lowest BCUT2D eigenvalue weighted by atomic mass is 10.1. The van der Waals surface area contributed by atoms with Crippen LogP contribution in [0.1, 0.15) is 35.7 Å². The van der Waals surface area contributed by atoms with Crippen molar-refractivity contribution in [3.63, 3.8) is 0 Å². The molecular weight excluding hydrogens is 191 g/mol. The molecule has 0 unspecified atom stereocenters. The maximum absolute atomic E-state index is 12.4. The second-order valence-corrected chi connectivity index (χ2v) is 3.64. The topological polar surface area (TPSA) is 12.9 Å². The molecule has 0 radical (unpaired) electrons. The molecule has 0 saturated heterocycles. The molecule has 0 atom stereocenters. The summed E-state index contributed by atoms with van der Waals surface area (Å²) in [5.41, 5.74) is 0.263. The first kappa shape index (κ1) is 9.49. The average molecular weight is 201 g/mol. The summed E-state index contributed by atoms with van der Waals surface area (Å²) in [6.45, 7) is 1.41. The van der Waals surface area contributed by atoms with Crippen LogP contribution in [0.25, 0.3) is 0 Å². The van der Waals surface area contributed by atoms with Gasteiger partial charge >= 0.3 is 6.18 Å². The molecule has 0 aromatic carbocycles. The number of halogens is 3. The van der Waals surface area contributed by atoms with Crippen LogP contribution in [0.2, 0.25) is 0 Å². The van der Waals surface area contributed by atoms with E-state index in [-0.39, 0.29) is 5.69 Å². The van der Waals surface area contributed by atoms with E-state index in [9.17, 15) is 13.2 Å². The van der Waals surface area contributed by atoms with E-state index in [4.69, 9.17) is 0 Å². The van der Waals surface area contributed by atoms with Crippen LogP contribution in [0.4, 0.5) is 13.2 Å². The summed E-state index contributed by atoms with van der Waals surface area (Å²) in [4.78, 5) is 3.98. The molecule has 0 N–H and O–H groups in total. The molecule has 14 heavy (non-hydrogen) atoms. The molecule has 2 rings (SSSR count). The molecule has 1 aromatic heterocycles. The van der Waals surface area contributed by atoms with Crippen LogP contribution < -0.4 is 0 Å². The Balaban J connectivity index is 2.35. The first-order valence-electron chi connectivity index (χ1n) is 4.53. The SMILES string of the molecule is Cc1nc(C2CC2)ccc1C(F)(F)F. The molecule has 1 heterocycles. The number of hydrogen-bond donors (Lipinski definition) is 0. The molecular formula is C10H10F3N. The van der Waals surface area contributed by atoms with Crippen molar-refractivity contribution >= 4 is 0 Å². The van der Waals surface area contributed by atoms with Gasteiger partial charge < -0.3 is 0 Å². The molecule has 1 nitrogen and oxygen atoms in total. The van der Waals surface area contributed by atoms with Crippen LogP contribution in [-0.2, 0) is 6.18 Å². The number of nitrogens with zero attached hydrogens (tertiary/aromatic N) is 1. The van der Waals surface area contributed by atoms with Crippen molar-refractivity contribution in [3.05, 3.63) is 29.1 Å². The molecule has 0 aliphatic heterocycles. The van der Waals surface area contributed by atoms with Crippen molar-refractivity contribution in [2.24, 2.45) is 0 Å². The molecule has 76 valence electrons. The zero-order valence-corrected chi connectivity index (χ0v) is 7.73. The van der Waals surface area contributed by atoms with Crippen molar-refractivity contribution in [3.8, 4) is 0 Å². The Morgan fingerprint density at radius 2 is 1.93 bits per heavy atom. The third kappa shape index (κ3) is 1.74. The lowest BCUT2D eigenvalue weighted by molar-refractivity contribution is -0.138. The summed E-state index contributed by atoms with van der Waals surface area (Å²) in [6.07, 6.45) is -2.17. The molecule has 1 aromatic rings. The van der Waals surface area contributed by atoms with E-state index >= 15 is 0 Å². The van der Waals surface area contributed by atoms with Crippen molar-refractivity contribution in [1.82, 2.24) is 4.98 Å². The van der Waals surface area contributed by atoms with Gasteiger partial charge in [-0.25, -0.2) is 0 Å². The smallest absolute Gasteiger partial charge is 0.257 e. The van der Waals surface area contributed by atoms with Crippen LogP contribution in [0, 0.1) is 6.92 Å². The minimum Gasteiger partial charge on any atom is -0.257 e. The van der Waals surface area contributed by atoms with E-state index < -0.39 is 11.7 Å². The second-order valence-electron chi connectivity index (χ2n) is 3.64. The van der Waals surface area contributed by atoms with Crippen LogP contribution in [0.15, 0.2) is 12.1 Å². The molecule has 0 amide bonds. The summed E-state index contributed by atoms with van der Waals surface area (Å²) in [5.74, 6) is 0.399. The summed E-state index contributed by atoms with van der Waals surface area (Å²) < 4.78 is 37.1. The van der Waals surface area contributed by atoms with E-state index in [1.807, 2.05) is 0 Å². The highest BCUT2D eigenvalue weighted by Crippen LogP contribution is 2.40. The van der Waals surface area contributed by atoms with Gasteiger partial charge in [0.25, 0.3) is 0 Å². The minimum atomic E-state index is -4.28. The first-order valence-corrected chi connectivity index (χ1v) is 4.53. The molecule has 1 fully saturated rings. The largest absolute Gasteiger partial charge is 0.418 e. The maximum Gasteiger partial charge on any atom is 0.418 e. The van der Waals surface area contributed by atoms with E-state index in [1.54, 1.807) is 0 Å². The zero-order valence-electron chi connectivity index (χ0n) is 7.73. The van der Waals surface area contributed by atoms with Gasteiger partial charge in [-0.1, -0.05) is 0 Å². The summed E-state index contributed by atoms with van der Waals surface area (Å²) in [6, 6.07) is 2.63. The lowest BCUT2D eigenvalue weighted by Crippen LogP contribution is -2.09. The Kier molecular flexibility index (Phi) is 2.01. The van der Waals surface area contributed by atoms with Crippen molar-refractivity contribution in [2.45, 2.75) is 31.9 Å². The number of alkyl halides is 3. The third-order valence-electron chi connectivity index (χ3n) is 2.41. The quantitative estimate of drug-likeness (QED) is 0.679. The lowest BCUT2D eigenvalue weighted by Gasteiger charge is -2.10. The monoisotopic (exact) mass is 201 g/mol. The van der Waals surface area contributed by atoms with E-state index in [0.29, 0.717) is 5.92 Å². The standard InChI is InChI=1S/C10H10F3N/c1-6-8(10(11,12)13)4-5-9(14-6)7-2-3-7/h4-5,7H,2-3H2,1H3. The third-order valence-corrected chi connectivity index (χ3v) is 2.41. The highest BCUT2D eigenvalue weighted by Gasteiger charge is 2.34. The highest BCUT2D eigenvalue weighted by molar-refractivity contribution is 5.27. The Labute approximate surface area is 80.0 Å². The molecule has 1 aliphatic rings. The van der Waals surface area contributed by atoms with Crippen molar-refractivity contribution < 1.29 is 13.2 Å². The predicted molar refractivity (Wildman–Crippen MR) is 46.0 cm³/mol. The van der Waals surface area contributed by atoms with Crippen molar-refractivity contribution in [1.29, 1.82) is 0 Å². The van der Waals surface area contributed by atoms with E-state index in [2.05, 4.69) is 4.98 Å².